The average Bonchev–Trinajstić information content (AvgIpc) is 1.83. The van der Waals surface area contributed by atoms with Crippen LogP contribution < -0.4 is 11.0 Å². The molecule has 1 rings (SSSR count). The van der Waals surface area contributed by atoms with Crippen LogP contribution >= 0.6 is 23.3 Å². The van der Waals surface area contributed by atoms with Gasteiger partial charge in [0.2, 0.25) is 0 Å². The predicted octanol–water partition coefficient (Wildman–Crippen LogP) is -0.155. The second-order valence-corrected chi connectivity index (χ2v) is 2.16. The molecule has 4 nitrogen and oxygen atoms in total. The first-order valence-electron chi connectivity index (χ1n) is 1.96. The summed E-state index contributed by atoms with van der Waals surface area (Å²) in [6.07, 6.45) is 0. The van der Waals surface area contributed by atoms with E-state index in [1.807, 2.05) is 0 Å². The molecule has 9 heavy (non-hydrogen) atoms. The minimum Gasteiger partial charge on any atom is -0.280 e. The quantitative estimate of drug-likeness (QED) is 0.543. The Morgan fingerprint density at radius 1 is 1.56 bits per heavy atom. The second kappa shape index (κ2) is 2.28. The topological polar surface area (TPSA) is 62.8 Å². The first-order chi connectivity index (χ1) is 4.22. The molecule has 0 atom stereocenters. The van der Waals surface area contributed by atoms with Gasteiger partial charge in [0, 0.05) is 11.7 Å². The van der Waals surface area contributed by atoms with Gasteiger partial charge in [-0.05, 0) is 0 Å². The Kier molecular flexibility index (Phi) is 1.63. The van der Waals surface area contributed by atoms with Crippen LogP contribution in [0.3, 0.4) is 0 Å². The third-order valence-corrected chi connectivity index (χ3v) is 1.56. The smallest absolute Gasteiger partial charge is 0.280 e. The van der Waals surface area contributed by atoms with Crippen molar-refractivity contribution in [2.24, 2.45) is 0 Å². The van der Waals surface area contributed by atoms with Gasteiger partial charge < -0.3 is 0 Å². The van der Waals surface area contributed by atoms with Crippen LogP contribution in [0, 0.1) is 0 Å². The Labute approximate surface area is 58.4 Å². The number of nitrogens with one attached hydrogen (secondary N) is 1. The summed E-state index contributed by atoms with van der Waals surface area (Å²) in [5, 5.41) is -0.274. The number of nitrogens with zero attached hydrogens (tertiary/aromatic N) is 1. The molecule has 0 unspecified atom stereocenters. The number of hydrogen-bond donors (Lipinski definition) is 1. The Hall–Kier alpha value is -0.680. The minimum absolute atomic E-state index is 0.274. The zero-order valence-corrected chi connectivity index (χ0v) is 5.62. The molecular weight excluding hydrogens is 164 g/mol. The summed E-state index contributed by atoms with van der Waals surface area (Å²) >= 11 is 5.93. The zero-order valence-electron chi connectivity index (χ0n) is 4.05. The van der Waals surface area contributed by atoms with Crippen LogP contribution in [-0.2, 0) is 0 Å². The van der Waals surface area contributed by atoms with Gasteiger partial charge in [-0.15, -0.1) is 0 Å². The van der Waals surface area contributed by atoms with Crippen molar-refractivity contribution in [3.63, 3.8) is 0 Å². The van der Waals surface area contributed by atoms with E-state index in [0.717, 1.165) is 11.7 Å². The summed E-state index contributed by atoms with van der Waals surface area (Å²) in [5.74, 6) is 0. The number of H-pyrrole nitrogens is 1. The summed E-state index contributed by atoms with van der Waals surface area (Å²) in [6.45, 7) is 0. The lowest BCUT2D eigenvalue weighted by Gasteiger charge is -1.78. The summed E-state index contributed by atoms with van der Waals surface area (Å²) in [6, 6.07) is 0. The van der Waals surface area contributed by atoms with E-state index in [2.05, 4.69) is 8.75 Å². The Bertz CT molecular complexity index is 316. The molecule has 48 valence electrons. The molecular formula is C3HClN2O2S. The van der Waals surface area contributed by atoms with Crippen molar-refractivity contribution in [3.05, 3.63) is 25.7 Å². The highest BCUT2D eigenvalue weighted by molar-refractivity contribution is 6.99. The molecule has 0 aliphatic heterocycles. The minimum atomic E-state index is -0.782. The highest BCUT2D eigenvalue weighted by atomic mass is 35.5. The Balaban J connectivity index is 3.63. The Morgan fingerprint density at radius 2 is 2.22 bits per heavy atom. The largest absolute Gasteiger partial charge is 0.309 e. The first-order valence-corrected chi connectivity index (χ1v) is 3.11. The first kappa shape index (κ1) is 6.44. The van der Waals surface area contributed by atoms with Crippen molar-refractivity contribution in [1.29, 1.82) is 0 Å². The molecule has 0 bridgehead atoms. The van der Waals surface area contributed by atoms with Gasteiger partial charge in [-0.25, -0.2) is 0 Å². The van der Waals surface area contributed by atoms with E-state index < -0.39 is 11.0 Å². The monoisotopic (exact) mass is 164 g/mol. The lowest BCUT2D eigenvalue weighted by molar-refractivity contribution is 1.26. The van der Waals surface area contributed by atoms with Gasteiger partial charge >= 0.3 is 5.56 Å². The number of aromatic amines is 1. The average molecular weight is 165 g/mol. The number of rotatable bonds is 0. The summed E-state index contributed by atoms with van der Waals surface area (Å²) in [4.78, 5) is 20.8. The van der Waals surface area contributed by atoms with E-state index in [-0.39, 0.29) is 5.15 Å². The summed E-state index contributed by atoms with van der Waals surface area (Å²) < 4.78 is 5.50. The molecule has 0 aliphatic carbocycles. The van der Waals surface area contributed by atoms with Gasteiger partial charge in [-0.2, -0.15) is 4.37 Å². The molecule has 0 saturated carbocycles. The fourth-order valence-electron chi connectivity index (χ4n) is 0.286. The lowest BCUT2D eigenvalue weighted by atomic mass is 10.7. The maximum atomic E-state index is 10.4. The van der Waals surface area contributed by atoms with Gasteiger partial charge in [0.15, 0.2) is 5.15 Å². The standard InChI is InChI=1S/C3HClN2O2S/c4-2-1(7)3(8)6-9-5-2/h(H,6,8). The van der Waals surface area contributed by atoms with Crippen LogP contribution in [0.15, 0.2) is 9.59 Å². The molecule has 0 aliphatic rings. The van der Waals surface area contributed by atoms with Crippen LogP contribution in [0.25, 0.3) is 0 Å². The highest BCUT2D eigenvalue weighted by Crippen LogP contribution is 1.89. The molecule has 0 spiro atoms. The summed E-state index contributed by atoms with van der Waals surface area (Å²) in [5.41, 5.74) is -1.50. The second-order valence-electron chi connectivity index (χ2n) is 1.23. The van der Waals surface area contributed by atoms with Gasteiger partial charge in [0.1, 0.15) is 0 Å². The zero-order chi connectivity index (χ0) is 6.85. The third kappa shape index (κ3) is 1.17. The molecule has 1 aromatic rings. The SMILES string of the molecule is O=c1[nH]snc(Cl)c1=O. The van der Waals surface area contributed by atoms with E-state index >= 15 is 0 Å². The summed E-state index contributed by atoms with van der Waals surface area (Å²) in [7, 11) is 0. The number of aromatic nitrogens is 2. The molecule has 1 heterocycles. The van der Waals surface area contributed by atoms with E-state index in [9.17, 15) is 9.59 Å². The maximum Gasteiger partial charge on any atom is 0.309 e. The van der Waals surface area contributed by atoms with Crippen LogP contribution in [0.2, 0.25) is 5.15 Å². The van der Waals surface area contributed by atoms with Gasteiger partial charge in [-0.1, -0.05) is 11.6 Å². The third-order valence-electron chi connectivity index (χ3n) is 0.658. The van der Waals surface area contributed by atoms with Gasteiger partial charge in [0.05, 0.1) is 0 Å². The molecule has 0 aromatic carbocycles. The predicted molar refractivity (Wildman–Crippen MR) is 34.0 cm³/mol. The molecule has 0 amide bonds. The van der Waals surface area contributed by atoms with Crippen molar-refractivity contribution in [2.45, 2.75) is 0 Å². The highest BCUT2D eigenvalue weighted by Gasteiger charge is 1.98. The van der Waals surface area contributed by atoms with Crippen LogP contribution in [0.4, 0.5) is 0 Å². The van der Waals surface area contributed by atoms with Crippen molar-refractivity contribution >= 4 is 23.3 Å². The maximum absolute atomic E-state index is 10.4. The fraction of sp³-hybridized carbons (Fsp3) is 0. The van der Waals surface area contributed by atoms with Crippen molar-refractivity contribution < 1.29 is 0 Å². The molecule has 1 aromatic heterocycles. The number of halogens is 1. The van der Waals surface area contributed by atoms with E-state index in [4.69, 9.17) is 11.6 Å². The van der Waals surface area contributed by atoms with Crippen molar-refractivity contribution in [2.75, 3.05) is 0 Å². The van der Waals surface area contributed by atoms with E-state index in [1.54, 1.807) is 0 Å². The normalized spacial score (nSPS) is 9.44. The van der Waals surface area contributed by atoms with Gasteiger partial charge in [-0.3, -0.25) is 14.0 Å². The number of hydrogen-bond acceptors (Lipinski definition) is 4. The fourth-order valence-corrected chi connectivity index (χ4v) is 0.859. The van der Waals surface area contributed by atoms with Crippen LogP contribution in [0.1, 0.15) is 0 Å². The van der Waals surface area contributed by atoms with E-state index in [0.29, 0.717) is 0 Å². The lowest BCUT2D eigenvalue weighted by Crippen LogP contribution is -2.25. The molecule has 0 saturated heterocycles. The van der Waals surface area contributed by atoms with Crippen molar-refractivity contribution in [3.8, 4) is 0 Å². The van der Waals surface area contributed by atoms with E-state index in [1.165, 1.54) is 0 Å². The van der Waals surface area contributed by atoms with Crippen LogP contribution in [0.5, 0.6) is 0 Å². The van der Waals surface area contributed by atoms with Crippen molar-refractivity contribution in [1.82, 2.24) is 8.75 Å². The Morgan fingerprint density at radius 3 is 2.67 bits per heavy atom. The van der Waals surface area contributed by atoms with Gasteiger partial charge in [0.25, 0.3) is 5.43 Å². The molecule has 0 fully saturated rings. The van der Waals surface area contributed by atoms with Crippen LogP contribution in [-0.4, -0.2) is 8.75 Å². The molecule has 0 radical (unpaired) electrons. The molecule has 6 heteroatoms. The molecule has 1 N–H and O–H groups in total.